The summed E-state index contributed by atoms with van der Waals surface area (Å²) in [6.45, 7) is 9.98. The van der Waals surface area contributed by atoms with E-state index >= 15 is 0 Å². The lowest BCUT2D eigenvalue weighted by Gasteiger charge is -2.61. The molecule has 0 aromatic heterocycles. The maximum atomic E-state index is 2.49. The average Bonchev–Trinajstić information content (AvgIpc) is 2.28. The highest BCUT2D eigenvalue weighted by molar-refractivity contribution is 5.05. The molecule has 0 aliphatic heterocycles. The molecule has 0 radical (unpaired) electrons. The van der Waals surface area contributed by atoms with Crippen LogP contribution in [0.5, 0.6) is 0 Å². The summed E-state index contributed by atoms with van der Waals surface area (Å²) >= 11 is 0. The van der Waals surface area contributed by atoms with E-state index in [1.807, 2.05) is 0 Å². The number of hydrogen-bond donors (Lipinski definition) is 0. The van der Waals surface area contributed by atoms with E-state index in [0.29, 0.717) is 10.8 Å². The quantitative estimate of drug-likeness (QED) is 0.585. The molecule has 16 heavy (non-hydrogen) atoms. The van der Waals surface area contributed by atoms with Crippen molar-refractivity contribution in [3.05, 3.63) is 0 Å². The zero-order chi connectivity index (χ0) is 11.8. The van der Waals surface area contributed by atoms with Gasteiger partial charge >= 0.3 is 0 Å². The predicted molar refractivity (Wildman–Crippen MR) is 71.5 cm³/mol. The molecule has 2 fully saturated rings. The molecular weight excluding hydrogens is 192 g/mol. The SMILES string of the molecule is CC(C)C12CCCCC1(C(C)C)CCCC2. The fourth-order valence-corrected chi connectivity index (χ4v) is 5.31. The fraction of sp³-hybridized carbons (Fsp3) is 1.00. The van der Waals surface area contributed by atoms with Gasteiger partial charge in [0.15, 0.2) is 0 Å². The summed E-state index contributed by atoms with van der Waals surface area (Å²) in [6.07, 6.45) is 12.0. The van der Waals surface area contributed by atoms with Crippen molar-refractivity contribution in [1.29, 1.82) is 0 Å². The molecule has 0 spiro atoms. The van der Waals surface area contributed by atoms with E-state index in [1.165, 1.54) is 51.4 Å². The molecular formula is C16H30. The zero-order valence-corrected chi connectivity index (χ0v) is 11.8. The van der Waals surface area contributed by atoms with Gasteiger partial charge in [-0.25, -0.2) is 0 Å². The third kappa shape index (κ3) is 1.56. The molecule has 2 aliphatic rings. The summed E-state index contributed by atoms with van der Waals surface area (Å²) < 4.78 is 0. The van der Waals surface area contributed by atoms with E-state index < -0.39 is 0 Å². The normalized spacial score (nSPS) is 40.1. The Morgan fingerprint density at radius 3 is 1.00 bits per heavy atom. The molecule has 0 heterocycles. The number of rotatable bonds is 2. The smallest absolute Gasteiger partial charge is 0.0215 e. The molecule has 94 valence electrons. The molecule has 0 aromatic carbocycles. The van der Waals surface area contributed by atoms with E-state index in [0.717, 1.165) is 11.8 Å². The second kappa shape index (κ2) is 4.35. The van der Waals surface area contributed by atoms with Gasteiger partial charge in [0.05, 0.1) is 0 Å². The first kappa shape index (κ1) is 12.5. The van der Waals surface area contributed by atoms with Crippen LogP contribution in [0.4, 0.5) is 0 Å². The van der Waals surface area contributed by atoms with Crippen molar-refractivity contribution >= 4 is 0 Å². The van der Waals surface area contributed by atoms with Gasteiger partial charge in [0, 0.05) is 0 Å². The van der Waals surface area contributed by atoms with Crippen LogP contribution in [0.3, 0.4) is 0 Å². The monoisotopic (exact) mass is 222 g/mol. The lowest BCUT2D eigenvalue weighted by atomic mass is 9.43. The Hall–Kier alpha value is 0. The van der Waals surface area contributed by atoms with E-state index in [1.54, 1.807) is 0 Å². The molecule has 0 amide bonds. The number of fused-ring (bicyclic) bond motifs is 1. The van der Waals surface area contributed by atoms with Crippen molar-refractivity contribution in [2.75, 3.05) is 0 Å². The highest BCUT2D eigenvalue weighted by Gasteiger charge is 2.55. The van der Waals surface area contributed by atoms with Gasteiger partial charge in [-0.05, 0) is 48.3 Å². The maximum Gasteiger partial charge on any atom is -0.0215 e. The van der Waals surface area contributed by atoms with E-state index in [9.17, 15) is 0 Å². The van der Waals surface area contributed by atoms with Crippen molar-refractivity contribution < 1.29 is 0 Å². The Labute approximate surface area is 102 Å². The average molecular weight is 222 g/mol. The highest BCUT2D eigenvalue weighted by Crippen LogP contribution is 2.65. The Balaban J connectivity index is 2.39. The zero-order valence-electron chi connectivity index (χ0n) is 11.8. The molecule has 0 bridgehead atoms. The van der Waals surface area contributed by atoms with Crippen molar-refractivity contribution in [1.82, 2.24) is 0 Å². The second-order valence-electron chi connectivity index (χ2n) is 7.04. The number of hydrogen-bond acceptors (Lipinski definition) is 0. The minimum atomic E-state index is 0.692. The van der Waals surface area contributed by atoms with Crippen LogP contribution in [0.1, 0.15) is 79.1 Å². The first-order valence-electron chi connectivity index (χ1n) is 7.55. The van der Waals surface area contributed by atoms with Gasteiger partial charge in [0.1, 0.15) is 0 Å². The molecule has 0 aromatic rings. The standard InChI is InChI=1S/C16H30/c1-13(2)15-9-5-7-11-16(15,14(3)4)12-8-6-10-15/h13-14H,5-12H2,1-4H3. The van der Waals surface area contributed by atoms with Crippen LogP contribution in [0.2, 0.25) is 0 Å². The van der Waals surface area contributed by atoms with Gasteiger partial charge in [-0.3, -0.25) is 0 Å². The van der Waals surface area contributed by atoms with Crippen LogP contribution in [-0.2, 0) is 0 Å². The first-order valence-corrected chi connectivity index (χ1v) is 7.55. The molecule has 0 nitrogen and oxygen atoms in total. The van der Waals surface area contributed by atoms with E-state index in [-0.39, 0.29) is 0 Å². The van der Waals surface area contributed by atoms with Gasteiger partial charge in [-0.15, -0.1) is 0 Å². The maximum absolute atomic E-state index is 2.49. The van der Waals surface area contributed by atoms with Crippen molar-refractivity contribution in [2.45, 2.75) is 79.1 Å². The second-order valence-corrected chi connectivity index (χ2v) is 7.04. The molecule has 2 aliphatic carbocycles. The Bertz CT molecular complexity index is 198. The highest BCUT2D eigenvalue weighted by atomic mass is 14.6. The van der Waals surface area contributed by atoms with Crippen molar-refractivity contribution in [3.8, 4) is 0 Å². The minimum absolute atomic E-state index is 0.692. The van der Waals surface area contributed by atoms with Crippen molar-refractivity contribution in [3.63, 3.8) is 0 Å². The third-order valence-electron chi connectivity index (χ3n) is 6.19. The van der Waals surface area contributed by atoms with Crippen LogP contribution in [0.15, 0.2) is 0 Å². The Morgan fingerprint density at radius 1 is 0.562 bits per heavy atom. The minimum Gasteiger partial charge on any atom is -0.0622 e. The largest absolute Gasteiger partial charge is 0.0622 e. The summed E-state index contributed by atoms with van der Waals surface area (Å²) in [6, 6.07) is 0. The molecule has 2 saturated carbocycles. The van der Waals surface area contributed by atoms with Crippen LogP contribution in [0, 0.1) is 22.7 Å². The third-order valence-corrected chi connectivity index (χ3v) is 6.19. The van der Waals surface area contributed by atoms with Crippen LogP contribution < -0.4 is 0 Å². The first-order chi connectivity index (χ1) is 7.55. The van der Waals surface area contributed by atoms with Crippen LogP contribution in [-0.4, -0.2) is 0 Å². The van der Waals surface area contributed by atoms with Crippen LogP contribution >= 0.6 is 0 Å². The molecule has 0 heteroatoms. The van der Waals surface area contributed by atoms with E-state index in [4.69, 9.17) is 0 Å². The molecule has 0 saturated heterocycles. The van der Waals surface area contributed by atoms with E-state index in [2.05, 4.69) is 27.7 Å². The van der Waals surface area contributed by atoms with Gasteiger partial charge < -0.3 is 0 Å². The van der Waals surface area contributed by atoms with Gasteiger partial charge in [0.25, 0.3) is 0 Å². The summed E-state index contributed by atoms with van der Waals surface area (Å²) in [5.74, 6) is 1.77. The summed E-state index contributed by atoms with van der Waals surface area (Å²) in [5.41, 5.74) is 1.38. The van der Waals surface area contributed by atoms with Crippen molar-refractivity contribution in [2.24, 2.45) is 22.7 Å². The molecule has 2 rings (SSSR count). The molecule has 0 atom stereocenters. The van der Waals surface area contributed by atoms with Gasteiger partial charge in [-0.1, -0.05) is 53.4 Å². The molecule has 0 unspecified atom stereocenters. The Morgan fingerprint density at radius 2 is 0.812 bits per heavy atom. The van der Waals surface area contributed by atoms with Gasteiger partial charge in [0.2, 0.25) is 0 Å². The summed E-state index contributed by atoms with van der Waals surface area (Å²) in [5, 5.41) is 0. The summed E-state index contributed by atoms with van der Waals surface area (Å²) in [4.78, 5) is 0. The molecule has 0 N–H and O–H groups in total. The predicted octanol–water partition coefficient (Wildman–Crippen LogP) is 5.42. The summed E-state index contributed by atoms with van der Waals surface area (Å²) in [7, 11) is 0. The lowest BCUT2D eigenvalue weighted by molar-refractivity contribution is -0.119. The fourth-order valence-electron chi connectivity index (χ4n) is 5.31. The van der Waals surface area contributed by atoms with Crippen LogP contribution in [0.25, 0.3) is 0 Å². The lowest BCUT2D eigenvalue weighted by Crippen LogP contribution is -2.53. The topological polar surface area (TPSA) is 0 Å². The Kier molecular flexibility index (Phi) is 3.39. The van der Waals surface area contributed by atoms with Gasteiger partial charge in [-0.2, -0.15) is 0 Å².